The van der Waals surface area contributed by atoms with E-state index in [0.29, 0.717) is 11.6 Å². The predicted octanol–water partition coefficient (Wildman–Crippen LogP) is 3.82. The Hall–Kier alpha value is -2.82. The number of nitrogens with zero attached hydrogens (tertiary/aromatic N) is 1. The maximum atomic E-state index is 12.6. The SMILES string of the molecule is CN(C(=O)c1ccc(NCC(=O)NC2CCCCC2)cc1)c1ccccc1. The normalized spacial score (nSPS) is 14.4. The molecule has 1 fully saturated rings. The van der Waals surface area contributed by atoms with E-state index in [1.54, 1.807) is 24.1 Å². The second-order valence-electron chi connectivity index (χ2n) is 7.03. The Morgan fingerprint density at radius 3 is 2.30 bits per heavy atom. The van der Waals surface area contributed by atoms with E-state index in [2.05, 4.69) is 10.6 Å². The summed E-state index contributed by atoms with van der Waals surface area (Å²) in [5.74, 6) is -0.0475. The van der Waals surface area contributed by atoms with Gasteiger partial charge in [0.25, 0.3) is 5.91 Å². The highest BCUT2D eigenvalue weighted by molar-refractivity contribution is 6.05. The molecule has 0 bridgehead atoms. The van der Waals surface area contributed by atoms with Crippen molar-refractivity contribution >= 4 is 23.2 Å². The molecule has 2 amide bonds. The molecule has 3 rings (SSSR count). The number of rotatable bonds is 6. The summed E-state index contributed by atoms with van der Waals surface area (Å²) in [6.07, 6.45) is 5.83. The molecule has 0 saturated heterocycles. The van der Waals surface area contributed by atoms with Gasteiger partial charge >= 0.3 is 0 Å². The third-order valence-corrected chi connectivity index (χ3v) is 5.00. The fourth-order valence-corrected chi connectivity index (χ4v) is 3.40. The standard InChI is InChI=1S/C22H27N3O2/c1-25(20-10-6-3-7-11-20)22(27)17-12-14-18(15-13-17)23-16-21(26)24-19-8-4-2-5-9-19/h3,6-7,10-15,19,23H,2,4-5,8-9,16H2,1H3,(H,24,26). The number of anilines is 2. The lowest BCUT2D eigenvalue weighted by Crippen LogP contribution is -2.39. The van der Waals surface area contributed by atoms with Gasteiger partial charge in [0.05, 0.1) is 6.54 Å². The average molecular weight is 365 g/mol. The molecular weight excluding hydrogens is 338 g/mol. The van der Waals surface area contributed by atoms with Gasteiger partial charge in [0.15, 0.2) is 0 Å². The van der Waals surface area contributed by atoms with E-state index in [9.17, 15) is 9.59 Å². The van der Waals surface area contributed by atoms with Crippen molar-refractivity contribution in [1.29, 1.82) is 0 Å². The molecule has 2 aromatic rings. The van der Waals surface area contributed by atoms with Crippen LogP contribution in [0.4, 0.5) is 11.4 Å². The van der Waals surface area contributed by atoms with E-state index in [0.717, 1.165) is 24.2 Å². The van der Waals surface area contributed by atoms with Crippen LogP contribution in [0.25, 0.3) is 0 Å². The van der Waals surface area contributed by atoms with Crippen molar-refractivity contribution in [3.63, 3.8) is 0 Å². The van der Waals surface area contributed by atoms with Crippen LogP contribution in [-0.4, -0.2) is 31.4 Å². The lowest BCUT2D eigenvalue weighted by molar-refractivity contribution is -0.120. The van der Waals surface area contributed by atoms with Crippen molar-refractivity contribution in [1.82, 2.24) is 5.32 Å². The number of para-hydroxylation sites is 1. The first kappa shape index (κ1) is 19.0. The predicted molar refractivity (Wildman–Crippen MR) is 109 cm³/mol. The van der Waals surface area contributed by atoms with Gasteiger partial charge in [0.1, 0.15) is 0 Å². The molecule has 0 spiro atoms. The van der Waals surface area contributed by atoms with Gasteiger partial charge in [-0.25, -0.2) is 0 Å². The minimum absolute atomic E-state index is 0.0193. The summed E-state index contributed by atoms with van der Waals surface area (Å²) in [6, 6.07) is 17.1. The number of carbonyl (C=O) groups excluding carboxylic acids is 2. The lowest BCUT2D eigenvalue weighted by Gasteiger charge is -2.22. The highest BCUT2D eigenvalue weighted by Gasteiger charge is 2.16. The van der Waals surface area contributed by atoms with Crippen molar-refractivity contribution in [3.05, 3.63) is 60.2 Å². The van der Waals surface area contributed by atoms with Crippen molar-refractivity contribution < 1.29 is 9.59 Å². The Kier molecular flexibility index (Phi) is 6.47. The largest absolute Gasteiger partial charge is 0.376 e. The molecule has 1 aliphatic carbocycles. The Morgan fingerprint density at radius 2 is 1.63 bits per heavy atom. The van der Waals surface area contributed by atoms with Crippen molar-refractivity contribution in [2.24, 2.45) is 0 Å². The highest BCUT2D eigenvalue weighted by Crippen LogP contribution is 2.18. The van der Waals surface area contributed by atoms with Crippen LogP contribution in [-0.2, 0) is 4.79 Å². The number of carbonyl (C=O) groups is 2. The maximum Gasteiger partial charge on any atom is 0.258 e. The molecule has 27 heavy (non-hydrogen) atoms. The van der Waals surface area contributed by atoms with Gasteiger partial charge in [0, 0.05) is 30.0 Å². The fourth-order valence-electron chi connectivity index (χ4n) is 3.40. The van der Waals surface area contributed by atoms with Gasteiger partial charge < -0.3 is 15.5 Å². The van der Waals surface area contributed by atoms with Gasteiger partial charge in [0.2, 0.25) is 5.91 Å². The van der Waals surface area contributed by atoms with E-state index in [4.69, 9.17) is 0 Å². The maximum absolute atomic E-state index is 12.6. The molecule has 0 aromatic heterocycles. The number of benzene rings is 2. The third kappa shape index (κ3) is 5.33. The molecule has 0 heterocycles. The van der Waals surface area contributed by atoms with Crippen LogP contribution >= 0.6 is 0 Å². The molecule has 0 atom stereocenters. The smallest absolute Gasteiger partial charge is 0.258 e. The van der Waals surface area contributed by atoms with E-state index in [-0.39, 0.29) is 18.4 Å². The molecule has 142 valence electrons. The molecule has 5 heteroatoms. The summed E-state index contributed by atoms with van der Waals surface area (Å²) < 4.78 is 0. The summed E-state index contributed by atoms with van der Waals surface area (Å²) in [7, 11) is 1.76. The van der Waals surface area contributed by atoms with Crippen LogP contribution in [0.2, 0.25) is 0 Å². The summed E-state index contributed by atoms with van der Waals surface area (Å²) >= 11 is 0. The fraction of sp³-hybridized carbons (Fsp3) is 0.364. The molecule has 0 aliphatic heterocycles. The summed E-state index contributed by atoms with van der Waals surface area (Å²) in [5, 5.41) is 6.21. The van der Waals surface area contributed by atoms with Crippen molar-refractivity contribution in [2.45, 2.75) is 38.1 Å². The topological polar surface area (TPSA) is 61.4 Å². The van der Waals surface area contributed by atoms with E-state index in [1.165, 1.54) is 19.3 Å². The van der Waals surface area contributed by atoms with Crippen LogP contribution in [0.5, 0.6) is 0 Å². The Labute approximate surface area is 160 Å². The summed E-state index contributed by atoms with van der Waals surface area (Å²) in [6.45, 7) is 0.244. The summed E-state index contributed by atoms with van der Waals surface area (Å²) in [4.78, 5) is 26.3. The monoisotopic (exact) mass is 365 g/mol. The van der Waals surface area contributed by atoms with E-state index in [1.807, 2.05) is 42.5 Å². The Bertz CT molecular complexity index is 753. The zero-order chi connectivity index (χ0) is 19.1. The van der Waals surface area contributed by atoms with Crippen LogP contribution in [0, 0.1) is 0 Å². The first-order valence-electron chi connectivity index (χ1n) is 9.60. The molecule has 0 unspecified atom stereocenters. The number of amides is 2. The summed E-state index contributed by atoms with van der Waals surface area (Å²) in [5.41, 5.74) is 2.29. The van der Waals surface area contributed by atoms with Gasteiger partial charge in [-0.2, -0.15) is 0 Å². The zero-order valence-corrected chi connectivity index (χ0v) is 15.8. The quantitative estimate of drug-likeness (QED) is 0.818. The third-order valence-electron chi connectivity index (χ3n) is 5.00. The molecule has 1 aliphatic rings. The first-order valence-corrected chi connectivity index (χ1v) is 9.60. The number of nitrogens with one attached hydrogen (secondary N) is 2. The Morgan fingerprint density at radius 1 is 0.963 bits per heavy atom. The highest BCUT2D eigenvalue weighted by atomic mass is 16.2. The zero-order valence-electron chi connectivity index (χ0n) is 15.8. The second kappa shape index (κ2) is 9.21. The molecule has 0 radical (unpaired) electrons. The van der Waals surface area contributed by atoms with E-state index < -0.39 is 0 Å². The van der Waals surface area contributed by atoms with Gasteiger partial charge in [-0.3, -0.25) is 9.59 Å². The molecule has 2 aromatic carbocycles. The van der Waals surface area contributed by atoms with Gasteiger partial charge in [-0.05, 0) is 49.2 Å². The van der Waals surface area contributed by atoms with Crippen LogP contribution in [0.15, 0.2) is 54.6 Å². The van der Waals surface area contributed by atoms with Crippen LogP contribution < -0.4 is 15.5 Å². The first-order chi connectivity index (χ1) is 13.1. The molecular formula is C22H27N3O2. The Balaban J connectivity index is 1.51. The number of hydrogen-bond acceptors (Lipinski definition) is 3. The van der Waals surface area contributed by atoms with Gasteiger partial charge in [-0.1, -0.05) is 37.5 Å². The minimum atomic E-state index is -0.0669. The van der Waals surface area contributed by atoms with Crippen LogP contribution in [0.1, 0.15) is 42.5 Å². The molecule has 1 saturated carbocycles. The van der Waals surface area contributed by atoms with Crippen LogP contribution in [0.3, 0.4) is 0 Å². The number of hydrogen-bond donors (Lipinski definition) is 2. The van der Waals surface area contributed by atoms with E-state index >= 15 is 0 Å². The lowest BCUT2D eigenvalue weighted by atomic mass is 9.95. The molecule has 5 nitrogen and oxygen atoms in total. The molecule has 2 N–H and O–H groups in total. The minimum Gasteiger partial charge on any atom is -0.376 e. The van der Waals surface area contributed by atoms with Crippen molar-refractivity contribution in [3.8, 4) is 0 Å². The van der Waals surface area contributed by atoms with Gasteiger partial charge in [-0.15, -0.1) is 0 Å². The second-order valence-corrected chi connectivity index (χ2v) is 7.03. The average Bonchev–Trinajstić information content (AvgIpc) is 2.73. The van der Waals surface area contributed by atoms with Crippen molar-refractivity contribution in [2.75, 3.05) is 23.8 Å².